The average molecular weight is 351 g/mol. The number of hydrogen-bond donors (Lipinski definition) is 3. The van der Waals surface area contributed by atoms with Gasteiger partial charge in [0.15, 0.2) is 0 Å². The van der Waals surface area contributed by atoms with Crippen molar-refractivity contribution in [1.29, 1.82) is 0 Å². The molecule has 134 valence electrons. The molecule has 6 heteroatoms. The second kappa shape index (κ2) is 8.29. The molecular formula is C20H21N3O3. The van der Waals surface area contributed by atoms with E-state index >= 15 is 0 Å². The highest BCUT2D eigenvalue weighted by molar-refractivity contribution is 6.35. The van der Waals surface area contributed by atoms with E-state index in [9.17, 15) is 14.4 Å². The molecule has 3 N–H and O–H groups in total. The summed E-state index contributed by atoms with van der Waals surface area (Å²) in [7, 11) is 0. The molecule has 3 amide bonds. The largest absolute Gasteiger partial charge is 0.345 e. The molecule has 0 unspecified atom stereocenters. The first-order valence-corrected chi connectivity index (χ1v) is 8.63. The third-order valence-corrected chi connectivity index (χ3v) is 4.23. The summed E-state index contributed by atoms with van der Waals surface area (Å²) >= 11 is 0. The fourth-order valence-electron chi connectivity index (χ4n) is 2.70. The number of carbonyl (C=O) groups excluding carboxylic acids is 3. The monoisotopic (exact) mass is 351 g/mol. The minimum Gasteiger partial charge on any atom is -0.345 e. The summed E-state index contributed by atoms with van der Waals surface area (Å²) in [5.41, 5.74) is 6.51. The third kappa shape index (κ3) is 4.92. The van der Waals surface area contributed by atoms with Crippen LogP contribution in [0.5, 0.6) is 0 Å². The molecule has 0 heterocycles. The van der Waals surface area contributed by atoms with Gasteiger partial charge in [-0.05, 0) is 24.0 Å². The Balaban J connectivity index is 1.60. The number of hydrazine groups is 1. The molecule has 2 aromatic carbocycles. The van der Waals surface area contributed by atoms with Crippen LogP contribution in [0.3, 0.4) is 0 Å². The molecule has 0 saturated heterocycles. The van der Waals surface area contributed by atoms with Crippen molar-refractivity contribution in [3.8, 4) is 0 Å². The van der Waals surface area contributed by atoms with Crippen molar-refractivity contribution in [2.45, 2.75) is 31.2 Å². The standard InChI is InChI=1S/C20H21N3O3/c24-18(22-23-20(26)19(25)21-16-11-12-16)13-17(14-7-3-1-4-8-14)15-9-5-2-6-10-15/h1-10,16-17H,11-13H2,(H,21,25)(H,22,24)(H,23,26). The smallest absolute Gasteiger partial charge is 0.327 e. The van der Waals surface area contributed by atoms with Gasteiger partial charge in [-0.25, -0.2) is 0 Å². The van der Waals surface area contributed by atoms with Crippen LogP contribution in [0.2, 0.25) is 0 Å². The Morgan fingerprint density at radius 1 is 0.808 bits per heavy atom. The van der Waals surface area contributed by atoms with Crippen LogP contribution in [0.15, 0.2) is 60.7 Å². The number of hydrogen-bond acceptors (Lipinski definition) is 3. The molecule has 0 atom stereocenters. The van der Waals surface area contributed by atoms with Gasteiger partial charge in [-0.15, -0.1) is 0 Å². The SMILES string of the molecule is O=C(CC(c1ccccc1)c1ccccc1)NNC(=O)C(=O)NC1CC1. The molecule has 6 nitrogen and oxygen atoms in total. The van der Waals surface area contributed by atoms with Crippen LogP contribution in [0.1, 0.15) is 36.3 Å². The van der Waals surface area contributed by atoms with Gasteiger partial charge < -0.3 is 5.32 Å². The van der Waals surface area contributed by atoms with E-state index < -0.39 is 11.8 Å². The summed E-state index contributed by atoms with van der Waals surface area (Å²) < 4.78 is 0. The van der Waals surface area contributed by atoms with Gasteiger partial charge in [0.25, 0.3) is 0 Å². The fourth-order valence-corrected chi connectivity index (χ4v) is 2.70. The number of rotatable bonds is 5. The first-order chi connectivity index (χ1) is 12.6. The summed E-state index contributed by atoms with van der Waals surface area (Å²) in [5, 5.41) is 2.57. The van der Waals surface area contributed by atoms with E-state index in [0.717, 1.165) is 24.0 Å². The van der Waals surface area contributed by atoms with Crippen molar-refractivity contribution in [2.24, 2.45) is 0 Å². The van der Waals surface area contributed by atoms with Crippen molar-refractivity contribution in [3.05, 3.63) is 71.8 Å². The predicted molar refractivity (Wildman–Crippen MR) is 96.8 cm³/mol. The van der Waals surface area contributed by atoms with Crippen molar-refractivity contribution < 1.29 is 14.4 Å². The number of carbonyl (C=O) groups is 3. The highest BCUT2D eigenvalue weighted by Crippen LogP contribution is 2.27. The van der Waals surface area contributed by atoms with Crippen molar-refractivity contribution in [2.75, 3.05) is 0 Å². The molecule has 0 bridgehead atoms. The molecular weight excluding hydrogens is 330 g/mol. The quantitative estimate of drug-likeness (QED) is 0.565. The maximum absolute atomic E-state index is 12.3. The van der Waals surface area contributed by atoms with Crippen molar-refractivity contribution >= 4 is 17.7 Å². The van der Waals surface area contributed by atoms with Gasteiger partial charge >= 0.3 is 11.8 Å². The average Bonchev–Trinajstić information content (AvgIpc) is 3.49. The van der Waals surface area contributed by atoms with E-state index in [4.69, 9.17) is 0 Å². The maximum Gasteiger partial charge on any atom is 0.327 e. The van der Waals surface area contributed by atoms with Gasteiger partial charge in [-0.3, -0.25) is 25.2 Å². The first kappa shape index (κ1) is 17.7. The van der Waals surface area contributed by atoms with Gasteiger partial charge in [-0.1, -0.05) is 60.7 Å². The number of amides is 3. The maximum atomic E-state index is 12.3. The molecule has 0 aliphatic heterocycles. The molecule has 1 fully saturated rings. The van der Waals surface area contributed by atoms with Gasteiger partial charge in [0.05, 0.1) is 0 Å². The Kier molecular flexibility index (Phi) is 5.63. The van der Waals surface area contributed by atoms with Gasteiger partial charge in [0, 0.05) is 18.4 Å². The van der Waals surface area contributed by atoms with E-state index in [0.29, 0.717) is 0 Å². The van der Waals surface area contributed by atoms with Gasteiger partial charge in [-0.2, -0.15) is 0 Å². The topological polar surface area (TPSA) is 87.3 Å². The molecule has 0 spiro atoms. The van der Waals surface area contributed by atoms with E-state index in [1.807, 2.05) is 60.7 Å². The molecule has 1 aliphatic rings. The zero-order chi connectivity index (χ0) is 18.4. The van der Waals surface area contributed by atoms with Crippen LogP contribution in [0.4, 0.5) is 0 Å². The summed E-state index contributed by atoms with van der Waals surface area (Å²) in [6.45, 7) is 0. The Labute approximate surface area is 152 Å². The minimum absolute atomic E-state index is 0.0875. The molecule has 3 rings (SSSR count). The Morgan fingerprint density at radius 2 is 1.35 bits per heavy atom. The van der Waals surface area contributed by atoms with Gasteiger partial charge in [0.1, 0.15) is 0 Å². The lowest BCUT2D eigenvalue weighted by Gasteiger charge is -2.18. The molecule has 26 heavy (non-hydrogen) atoms. The van der Waals surface area contributed by atoms with Crippen LogP contribution in [-0.2, 0) is 14.4 Å². The summed E-state index contributed by atoms with van der Waals surface area (Å²) in [4.78, 5) is 35.6. The molecule has 1 aliphatic carbocycles. The molecule has 0 aromatic heterocycles. The zero-order valence-electron chi connectivity index (χ0n) is 14.3. The minimum atomic E-state index is -0.860. The van der Waals surface area contributed by atoms with Gasteiger partial charge in [0.2, 0.25) is 5.91 Å². The van der Waals surface area contributed by atoms with Crippen molar-refractivity contribution in [3.63, 3.8) is 0 Å². The van der Waals surface area contributed by atoms with E-state index in [2.05, 4.69) is 16.2 Å². The highest BCUT2D eigenvalue weighted by Gasteiger charge is 2.26. The lowest BCUT2D eigenvalue weighted by molar-refractivity contribution is -0.141. The predicted octanol–water partition coefficient (Wildman–Crippen LogP) is 1.63. The van der Waals surface area contributed by atoms with E-state index in [1.165, 1.54) is 0 Å². The number of benzene rings is 2. The van der Waals surface area contributed by atoms with E-state index in [-0.39, 0.29) is 24.3 Å². The highest BCUT2D eigenvalue weighted by atomic mass is 16.2. The molecule has 1 saturated carbocycles. The number of nitrogens with one attached hydrogen (secondary N) is 3. The normalized spacial score (nSPS) is 13.1. The fraction of sp³-hybridized carbons (Fsp3) is 0.250. The Bertz CT molecular complexity index is 734. The van der Waals surface area contributed by atoms with Crippen LogP contribution in [0, 0.1) is 0 Å². The van der Waals surface area contributed by atoms with Crippen LogP contribution in [-0.4, -0.2) is 23.8 Å². The second-order valence-corrected chi connectivity index (χ2v) is 6.33. The van der Waals surface area contributed by atoms with Crippen LogP contribution >= 0.6 is 0 Å². The summed E-state index contributed by atoms with van der Waals surface area (Å²) in [6.07, 6.45) is 1.93. The molecule has 0 radical (unpaired) electrons. The lowest BCUT2D eigenvalue weighted by Crippen LogP contribution is -2.49. The zero-order valence-corrected chi connectivity index (χ0v) is 14.3. The Morgan fingerprint density at radius 3 is 1.85 bits per heavy atom. The summed E-state index contributed by atoms with van der Waals surface area (Å²) in [6, 6.07) is 19.5. The first-order valence-electron chi connectivity index (χ1n) is 8.63. The summed E-state index contributed by atoms with van der Waals surface area (Å²) in [5.74, 6) is -2.10. The van der Waals surface area contributed by atoms with Crippen LogP contribution in [0.25, 0.3) is 0 Å². The Hall–Kier alpha value is -3.15. The third-order valence-electron chi connectivity index (χ3n) is 4.23. The second-order valence-electron chi connectivity index (χ2n) is 6.33. The lowest BCUT2D eigenvalue weighted by atomic mass is 9.88. The van der Waals surface area contributed by atoms with E-state index in [1.54, 1.807) is 0 Å². The molecule has 2 aromatic rings. The van der Waals surface area contributed by atoms with Crippen molar-refractivity contribution in [1.82, 2.24) is 16.2 Å². The van der Waals surface area contributed by atoms with Crippen LogP contribution < -0.4 is 16.2 Å².